The number of rotatable bonds is 8. The number of aromatic nitrogens is 3. The first-order valence-corrected chi connectivity index (χ1v) is 9.60. The second kappa shape index (κ2) is 7.44. The van der Waals surface area contributed by atoms with Gasteiger partial charge in [0.15, 0.2) is 0 Å². The highest BCUT2D eigenvalue weighted by molar-refractivity contribution is 7.84. The van der Waals surface area contributed by atoms with Crippen LogP contribution in [0.2, 0.25) is 0 Å². The molecule has 1 saturated carbocycles. The molecule has 1 fully saturated rings. The van der Waals surface area contributed by atoms with E-state index in [1.807, 2.05) is 28.8 Å². The van der Waals surface area contributed by atoms with Crippen molar-refractivity contribution in [2.24, 2.45) is 5.41 Å². The quantitative estimate of drug-likeness (QED) is 0.732. The highest BCUT2D eigenvalue weighted by Gasteiger charge is 2.39. The lowest BCUT2D eigenvalue weighted by Crippen LogP contribution is -2.40. The first kappa shape index (κ1) is 17.1. The second-order valence-corrected chi connectivity index (χ2v) is 7.69. The Morgan fingerprint density at radius 1 is 1.38 bits per heavy atom. The molecule has 1 aromatic carbocycles. The van der Waals surface area contributed by atoms with Crippen LogP contribution in [0.25, 0.3) is 0 Å². The van der Waals surface area contributed by atoms with Gasteiger partial charge in [-0.05, 0) is 30.5 Å². The molecule has 0 radical (unpaired) electrons. The van der Waals surface area contributed by atoms with Gasteiger partial charge in [-0.1, -0.05) is 18.6 Å². The third kappa shape index (κ3) is 3.84. The van der Waals surface area contributed by atoms with Crippen LogP contribution in [0.1, 0.15) is 24.8 Å². The normalized spacial score (nSPS) is 17.2. The van der Waals surface area contributed by atoms with Crippen LogP contribution >= 0.6 is 0 Å². The maximum absolute atomic E-state index is 11.7. The maximum atomic E-state index is 11.7. The Bertz CT molecular complexity index is 713. The zero-order valence-electron chi connectivity index (χ0n) is 14.1. The summed E-state index contributed by atoms with van der Waals surface area (Å²) < 4.78 is 24.9. The van der Waals surface area contributed by atoms with E-state index in [9.17, 15) is 4.21 Å². The molecule has 0 saturated heterocycles. The fourth-order valence-electron chi connectivity index (χ4n) is 3.09. The predicted molar refractivity (Wildman–Crippen MR) is 91.3 cm³/mol. The predicted octanol–water partition coefficient (Wildman–Crippen LogP) is 2.41. The molecule has 130 valence electrons. The molecule has 1 aromatic heterocycles. The lowest BCUT2D eigenvalue weighted by atomic mass is 9.69. The van der Waals surface area contributed by atoms with Gasteiger partial charge in [0, 0.05) is 25.3 Å². The van der Waals surface area contributed by atoms with Crippen LogP contribution in [-0.4, -0.2) is 38.9 Å². The van der Waals surface area contributed by atoms with Crippen LogP contribution < -0.4 is 4.74 Å². The van der Waals surface area contributed by atoms with E-state index >= 15 is 0 Å². The van der Waals surface area contributed by atoms with Gasteiger partial charge in [-0.25, -0.2) is 0 Å². The summed E-state index contributed by atoms with van der Waals surface area (Å²) in [4.78, 5) is 0. The summed E-state index contributed by atoms with van der Waals surface area (Å²) in [6, 6.07) is 7.99. The SMILES string of the molecule is COCc1cccc(OCC2(Cn3cnnc3S(C)=O)CCC2)c1. The highest BCUT2D eigenvalue weighted by atomic mass is 32.2. The van der Waals surface area contributed by atoms with Crippen molar-refractivity contribution >= 4 is 10.8 Å². The van der Waals surface area contributed by atoms with Crippen molar-refractivity contribution in [1.29, 1.82) is 0 Å². The fraction of sp³-hybridized carbons (Fsp3) is 0.529. The summed E-state index contributed by atoms with van der Waals surface area (Å²) >= 11 is 0. The molecule has 7 heteroatoms. The van der Waals surface area contributed by atoms with Crippen molar-refractivity contribution in [2.45, 2.75) is 37.6 Å². The number of benzene rings is 1. The van der Waals surface area contributed by atoms with Gasteiger partial charge in [-0.2, -0.15) is 0 Å². The number of methoxy groups -OCH3 is 1. The molecule has 1 heterocycles. The molecule has 0 bridgehead atoms. The second-order valence-electron chi connectivity index (χ2n) is 6.42. The van der Waals surface area contributed by atoms with Crippen molar-refractivity contribution in [2.75, 3.05) is 20.0 Å². The summed E-state index contributed by atoms with van der Waals surface area (Å²) in [5.74, 6) is 0.860. The van der Waals surface area contributed by atoms with Crippen LogP contribution in [0.3, 0.4) is 0 Å². The van der Waals surface area contributed by atoms with E-state index in [2.05, 4.69) is 10.2 Å². The van der Waals surface area contributed by atoms with Gasteiger partial charge in [-0.3, -0.25) is 4.21 Å². The van der Waals surface area contributed by atoms with Gasteiger partial charge in [0.2, 0.25) is 5.16 Å². The summed E-state index contributed by atoms with van der Waals surface area (Å²) in [5.41, 5.74) is 1.16. The topological polar surface area (TPSA) is 66.2 Å². The van der Waals surface area contributed by atoms with Crippen molar-refractivity contribution in [3.8, 4) is 5.75 Å². The van der Waals surface area contributed by atoms with E-state index in [1.54, 1.807) is 19.7 Å². The third-order valence-corrected chi connectivity index (χ3v) is 5.34. The summed E-state index contributed by atoms with van der Waals surface area (Å²) in [7, 11) is 0.553. The van der Waals surface area contributed by atoms with Gasteiger partial charge in [0.25, 0.3) is 0 Å². The van der Waals surface area contributed by atoms with E-state index in [4.69, 9.17) is 9.47 Å². The standard InChI is InChI=1S/C17H23N3O3S/c1-22-10-14-5-3-6-15(9-14)23-12-17(7-4-8-17)11-20-13-18-19-16(20)24(2)21/h3,5-6,9,13H,4,7-8,10-12H2,1-2H3. The molecule has 0 amide bonds. The van der Waals surface area contributed by atoms with Crippen molar-refractivity contribution in [1.82, 2.24) is 14.8 Å². The zero-order valence-corrected chi connectivity index (χ0v) is 14.9. The smallest absolute Gasteiger partial charge is 0.221 e. The molecule has 1 aliphatic carbocycles. The first-order valence-electron chi connectivity index (χ1n) is 8.04. The first-order chi connectivity index (χ1) is 11.6. The van der Waals surface area contributed by atoms with Gasteiger partial charge in [0.05, 0.1) is 24.0 Å². The van der Waals surface area contributed by atoms with Gasteiger partial charge in [-0.15, -0.1) is 10.2 Å². The Balaban J connectivity index is 1.67. The molecule has 6 nitrogen and oxygen atoms in total. The lowest BCUT2D eigenvalue weighted by molar-refractivity contribution is 0.0370. The monoisotopic (exact) mass is 349 g/mol. The average Bonchev–Trinajstić information content (AvgIpc) is 2.99. The summed E-state index contributed by atoms with van der Waals surface area (Å²) in [6.45, 7) is 1.96. The Labute approximate surface area is 144 Å². The van der Waals surface area contributed by atoms with Gasteiger partial charge in [0.1, 0.15) is 12.1 Å². The fourth-order valence-corrected chi connectivity index (χ4v) is 3.69. The van der Waals surface area contributed by atoms with Crippen LogP contribution in [0.15, 0.2) is 35.7 Å². The van der Waals surface area contributed by atoms with E-state index < -0.39 is 10.8 Å². The number of ether oxygens (including phenoxy) is 2. The van der Waals surface area contributed by atoms with Crippen molar-refractivity contribution < 1.29 is 13.7 Å². The van der Waals surface area contributed by atoms with Crippen LogP contribution in [0, 0.1) is 5.41 Å². The Morgan fingerprint density at radius 2 is 2.21 bits per heavy atom. The maximum Gasteiger partial charge on any atom is 0.221 e. The minimum absolute atomic E-state index is 0.0633. The zero-order chi connectivity index (χ0) is 17.0. The van der Waals surface area contributed by atoms with Crippen LogP contribution in [0.4, 0.5) is 0 Å². The molecular formula is C17H23N3O3S. The largest absolute Gasteiger partial charge is 0.493 e. The Kier molecular flexibility index (Phi) is 5.30. The minimum Gasteiger partial charge on any atom is -0.493 e. The van der Waals surface area contributed by atoms with Gasteiger partial charge < -0.3 is 14.0 Å². The number of hydrogen-bond acceptors (Lipinski definition) is 5. The molecule has 2 aromatic rings. The molecule has 1 aliphatic rings. The van der Waals surface area contributed by atoms with E-state index in [0.717, 1.165) is 30.7 Å². The van der Waals surface area contributed by atoms with Gasteiger partial charge >= 0.3 is 0 Å². The highest BCUT2D eigenvalue weighted by Crippen LogP contribution is 2.43. The Morgan fingerprint density at radius 3 is 2.88 bits per heavy atom. The lowest BCUT2D eigenvalue weighted by Gasteiger charge is -2.41. The third-order valence-electron chi connectivity index (χ3n) is 4.51. The van der Waals surface area contributed by atoms with Crippen LogP contribution in [0.5, 0.6) is 5.75 Å². The van der Waals surface area contributed by atoms with E-state index in [-0.39, 0.29) is 5.41 Å². The molecule has 0 spiro atoms. The van der Waals surface area contributed by atoms with E-state index in [1.165, 1.54) is 6.42 Å². The number of nitrogens with zero attached hydrogens (tertiary/aromatic N) is 3. The van der Waals surface area contributed by atoms with Crippen LogP contribution in [-0.2, 0) is 28.7 Å². The molecule has 0 aliphatic heterocycles. The minimum atomic E-state index is -1.13. The number of hydrogen-bond donors (Lipinski definition) is 0. The molecule has 1 atom stereocenters. The Hall–Kier alpha value is -1.73. The average molecular weight is 349 g/mol. The summed E-state index contributed by atoms with van der Waals surface area (Å²) in [5, 5.41) is 8.40. The molecule has 24 heavy (non-hydrogen) atoms. The molecule has 1 unspecified atom stereocenters. The van der Waals surface area contributed by atoms with Crippen molar-refractivity contribution in [3.63, 3.8) is 0 Å². The van der Waals surface area contributed by atoms with E-state index in [0.29, 0.717) is 18.4 Å². The molecule has 0 N–H and O–H groups in total. The van der Waals surface area contributed by atoms with Crippen molar-refractivity contribution in [3.05, 3.63) is 36.2 Å². The molecular weight excluding hydrogens is 326 g/mol. The molecule has 3 rings (SSSR count). The summed E-state index contributed by atoms with van der Waals surface area (Å²) in [6.07, 6.45) is 6.68.